The molecule has 0 spiro atoms. The van der Waals surface area contributed by atoms with Crippen LogP contribution in [0, 0.1) is 0 Å². The topological polar surface area (TPSA) is 36.0 Å². The van der Waals surface area contributed by atoms with Crippen LogP contribution in [0.15, 0.2) is 24.4 Å². The van der Waals surface area contributed by atoms with Crippen LogP contribution in [0.5, 0.6) is 0 Å². The van der Waals surface area contributed by atoms with E-state index in [4.69, 9.17) is 11.6 Å². The molecular weight excluding hydrogens is 198 g/mol. The molecule has 3 heteroatoms. The average Bonchev–Trinajstić information content (AvgIpc) is 2.84. The van der Waals surface area contributed by atoms with E-state index in [-0.39, 0.29) is 0 Å². The fourth-order valence-electron chi connectivity index (χ4n) is 1.79. The number of aliphatic hydroxyl groups is 1. The fourth-order valence-corrected chi connectivity index (χ4v) is 2.01. The molecule has 1 aromatic carbocycles. The van der Waals surface area contributed by atoms with Crippen molar-refractivity contribution in [3.05, 3.63) is 35.0 Å². The van der Waals surface area contributed by atoms with Crippen molar-refractivity contribution >= 4 is 22.5 Å². The second-order valence-electron chi connectivity index (χ2n) is 3.93. The number of hydrogen-bond donors (Lipinski definition) is 2. The number of halogens is 1. The van der Waals surface area contributed by atoms with Gasteiger partial charge in [0.2, 0.25) is 0 Å². The molecule has 0 saturated heterocycles. The summed E-state index contributed by atoms with van der Waals surface area (Å²) in [4.78, 5) is 3.09. The van der Waals surface area contributed by atoms with Gasteiger partial charge in [0.1, 0.15) is 0 Å². The van der Waals surface area contributed by atoms with Crippen molar-refractivity contribution < 1.29 is 5.11 Å². The standard InChI is InChI=1S/C11H10ClNO/c12-9-6-13-10-5-7(1-2-8(9)10)11(14)3-4-11/h1-2,5-6,13-14H,3-4H2. The molecule has 14 heavy (non-hydrogen) atoms. The number of nitrogens with one attached hydrogen (secondary N) is 1. The summed E-state index contributed by atoms with van der Waals surface area (Å²) in [6.07, 6.45) is 3.51. The molecule has 0 radical (unpaired) electrons. The number of aromatic nitrogens is 1. The summed E-state index contributed by atoms with van der Waals surface area (Å²) >= 11 is 5.96. The molecule has 0 bridgehead atoms. The van der Waals surface area contributed by atoms with Crippen LogP contribution in [0.1, 0.15) is 18.4 Å². The smallest absolute Gasteiger partial charge is 0.0899 e. The summed E-state index contributed by atoms with van der Waals surface area (Å²) in [7, 11) is 0. The largest absolute Gasteiger partial charge is 0.385 e. The molecule has 1 fully saturated rings. The molecule has 72 valence electrons. The number of benzene rings is 1. The van der Waals surface area contributed by atoms with Gasteiger partial charge in [-0.15, -0.1) is 0 Å². The maximum Gasteiger partial charge on any atom is 0.0899 e. The van der Waals surface area contributed by atoms with Crippen molar-refractivity contribution in [1.82, 2.24) is 4.98 Å². The fraction of sp³-hybridized carbons (Fsp3) is 0.273. The van der Waals surface area contributed by atoms with E-state index < -0.39 is 5.60 Å². The molecular formula is C11H10ClNO. The van der Waals surface area contributed by atoms with E-state index in [1.54, 1.807) is 6.20 Å². The maximum atomic E-state index is 9.92. The Morgan fingerprint density at radius 2 is 2.14 bits per heavy atom. The third kappa shape index (κ3) is 1.08. The minimum atomic E-state index is -0.564. The van der Waals surface area contributed by atoms with Gasteiger partial charge in [-0.05, 0) is 24.5 Å². The average molecular weight is 208 g/mol. The quantitative estimate of drug-likeness (QED) is 0.741. The maximum absolute atomic E-state index is 9.92. The van der Waals surface area contributed by atoms with Crippen LogP contribution in [0.3, 0.4) is 0 Å². The van der Waals surface area contributed by atoms with Gasteiger partial charge in [0.25, 0.3) is 0 Å². The molecule has 0 unspecified atom stereocenters. The Morgan fingerprint density at radius 1 is 1.36 bits per heavy atom. The molecule has 1 heterocycles. The van der Waals surface area contributed by atoms with E-state index in [0.29, 0.717) is 0 Å². The predicted molar refractivity (Wildman–Crippen MR) is 56.4 cm³/mol. The first-order chi connectivity index (χ1) is 6.69. The van der Waals surface area contributed by atoms with Crippen LogP contribution < -0.4 is 0 Å². The van der Waals surface area contributed by atoms with Gasteiger partial charge in [-0.1, -0.05) is 23.7 Å². The summed E-state index contributed by atoms with van der Waals surface area (Å²) in [5, 5.41) is 11.7. The molecule has 1 saturated carbocycles. The van der Waals surface area contributed by atoms with Gasteiger partial charge in [0.15, 0.2) is 0 Å². The van der Waals surface area contributed by atoms with Gasteiger partial charge in [0.05, 0.1) is 10.6 Å². The minimum Gasteiger partial charge on any atom is -0.385 e. The van der Waals surface area contributed by atoms with Gasteiger partial charge in [0, 0.05) is 17.1 Å². The molecule has 1 aliphatic rings. The highest BCUT2D eigenvalue weighted by molar-refractivity contribution is 6.35. The van der Waals surface area contributed by atoms with Crippen LogP contribution in [0.4, 0.5) is 0 Å². The molecule has 0 atom stereocenters. The van der Waals surface area contributed by atoms with Crippen molar-refractivity contribution in [3.63, 3.8) is 0 Å². The van der Waals surface area contributed by atoms with Crippen molar-refractivity contribution in [2.75, 3.05) is 0 Å². The first-order valence-electron chi connectivity index (χ1n) is 4.69. The van der Waals surface area contributed by atoms with Crippen LogP contribution >= 0.6 is 11.6 Å². The van der Waals surface area contributed by atoms with Gasteiger partial charge < -0.3 is 10.1 Å². The lowest BCUT2D eigenvalue weighted by molar-refractivity contribution is 0.151. The molecule has 2 nitrogen and oxygen atoms in total. The zero-order valence-corrected chi connectivity index (χ0v) is 8.30. The van der Waals surface area contributed by atoms with Crippen LogP contribution in [-0.2, 0) is 5.60 Å². The third-order valence-electron chi connectivity index (χ3n) is 2.89. The third-order valence-corrected chi connectivity index (χ3v) is 3.20. The first kappa shape index (κ1) is 8.33. The molecule has 1 aromatic heterocycles. The van der Waals surface area contributed by atoms with E-state index in [0.717, 1.165) is 34.3 Å². The number of H-pyrrole nitrogens is 1. The second-order valence-corrected chi connectivity index (χ2v) is 4.34. The highest BCUT2D eigenvalue weighted by Gasteiger charge is 2.42. The predicted octanol–water partition coefficient (Wildman–Crippen LogP) is 2.80. The second kappa shape index (κ2) is 2.53. The number of aromatic amines is 1. The zero-order chi connectivity index (χ0) is 9.76. The molecule has 1 aliphatic carbocycles. The summed E-state index contributed by atoms with van der Waals surface area (Å²) in [5.41, 5.74) is 1.42. The molecule has 2 aromatic rings. The SMILES string of the molecule is OC1(c2ccc3c(Cl)c[nH]c3c2)CC1. The highest BCUT2D eigenvalue weighted by atomic mass is 35.5. The van der Waals surface area contributed by atoms with Crippen molar-refractivity contribution in [2.24, 2.45) is 0 Å². The molecule has 2 N–H and O–H groups in total. The summed E-state index contributed by atoms with van der Waals surface area (Å²) in [6.45, 7) is 0. The van der Waals surface area contributed by atoms with Crippen LogP contribution in [-0.4, -0.2) is 10.1 Å². The lowest BCUT2D eigenvalue weighted by Gasteiger charge is -2.07. The normalized spacial score (nSPS) is 18.7. The number of fused-ring (bicyclic) bond motifs is 1. The van der Waals surface area contributed by atoms with Gasteiger partial charge in [-0.3, -0.25) is 0 Å². The van der Waals surface area contributed by atoms with E-state index in [9.17, 15) is 5.11 Å². The Balaban J connectivity index is 2.21. The van der Waals surface area contributed by atoms with Gasteiger partial charge >= 0.3 is 0 Å². The molecule has 0 aliphatic heterocycles. The summed E-state index contributed by atoms with van der Waals surface area (Å²) in [6, 6.07) is 5.89. The number of hydrogen-bond acceptors (Lipinski definition) is 1. The highest BCUT2D eigenvalue weighted by Crippen LogP contribution is 2.45. The minimum absolute atomic E-state index is 0.564. The molecule has 0 amide bonds. The van der Waals surface area contributed by atoms with E-state index in [1.807, 2.05) is 18.2 Å². The lowest BCUT2D eigenvalue weighted by atomic mass is 10.1. The Kier molecular flexibility index (Phi) is 1.50. The van der Waals surface area contributed by atoms with Crippen molar-refractivity contribution in [2.45, 2.75) is 18.4 Å². The molecule has 3 rings (SSSR count). The monoisotopic (exact) mass is 207 g/mol. The van der Waals surface area contributed by atoms with Gasteiger partial charge in [-0.25, -0.2) is 0 Å². The Labute approximate surface area is 86.5 Å². The van der Waals surface area contributed by atoms with E-state index in [2.05, 4.69) is 4.98 Å². The van der Waals surface area contributed by atoms with E-state index in [1.165, 1.54) is 0 Å². The number of rotatable bonds is 1. The van der Waals surface area contributed by atoms with E-state index >= 15 is 0 Å². The lowest BCUT2D eigenvalue weighted by Crippen LogP contribution is -2.03. The van der Waals surface area contributed by atoms with Crippen LogP contribution in [0.25, 0.3) is 10.9 Å². The first-order valence-corrected chi connectivity index (χ1v) is 5.06. The summed E-state index contributed by atoms with van der Waals surface area (Å²) in [5.74, 6) is 0. The Hall–Kier alpha value is -0.990. The van der Waals surface area contributed by atoms with Gasteiger partial charge in [-0.2, -0.15) is 0 Å². The Bertz CT molecular complexity index is 499. The van der Waals surface area contributed by atoms with Crippen molar-refractivity contribution in [1.29, 1.82) is 0 Å². The zero-order valence-electron chi connectivity index (χ0n) is 7.55. The van der Waals surface area contributed by atoms with Crippen LogP contribution in [0.2, 0.25) is 5.02 Å². The summed E-state index contributed by atoms with van der Waals surface area (Å²) < 4.78 is 0. The Morgan fingerprint density at radius 3 is 2.86 bits per heavy atom. The van der Waals surface area contributed by atoms with Crippen molar-refractivity contribution in [3.8, 4) is 0 Å².